The molecule has 1 rings (SSSR count). The summed E-state index contributed by atoms with van der Waals surface area (Å²) in [5, 5.41) is 0. The molecule has 0 aromatic carbocycles. The normalized spacial score (nSPS) is 12.3. The summed E-state index contributed by atoms with van der Waals surface area (Å²) in [5.41, 5.74) is 6.23. The molecule has 4 nitrogen and oxygen atoms in total. The van der Waals surface area contributed by atoms with Gasteiger partial charge in [-0.1, -0.05) is 20.8 Å². The van der Waals surface area contributed by atoms with Crippen molar-refractivity contribution in [3.05, 3.63) is 23.4 Å². The zero-order valence-electron chi connectivity index (χ0n) is 12.6. The Balaban J connectivity index is 2.95. The maximum Gasteiger partial charge on any atom is 0.390 e. The maximum atomic E-state index is 12.2. The van der Waals surface area contributed by atoms with Crippen molar-refractivity contribution in [1.29, 1.82) is 0 Å². The highest BCUT2D eigenvalue weighted by Crippen LogP contribution is 2.24. The second-order valence-electron chi connectivity index (χ2n) is 6.01. The average Bonchev–Trinajstić information content (AvgIpc) is 2.32. The molecule has 0 atom stereocenters. The van der Waals surface area contributed by atoms with E-state index in [1.54, 1.807) is 6.07 Å². The minimum absolute atomic E-state index is 0.176. The SMILES string of the molecule is CN(CCC(F)(F)F)C(=O)c1cc(N)nc(C(C)(C)C)c1. The Kier molecular flexibility index (Phi) is 4.86. The van der Waals surface area contributed by atoms with E-state index < -0.39 is 25.0 Å². The number of hydrogen-bond acceptors (Lipinski definition) is 3. The predicted octanol–water partition coefficient (Wildman–Crippen LogP) is 2.99. The lowest BCUT2D eigenvalue weighted by atomic mass is 9.90. The predicted molar refractivity (Wildman–Crippen MR) is 75.0 cm³/mol. The number of nitrogens with zero attached hydrogens (tertiary/aromatic N) is 2. The van der Waals surface area contributed by atoms with Gasteiger partial charge in [-0.2, -0.15) is 13.2 Å². The van der Waals surface area contributed by atoms with E-state index in [4.69, 9.17) is 5.73 Å². The van der Waals surface area contributed by atoms with Crippen LogP contribution >= 0.6 is 0 Å². The molecule has 0 bridgehead atoms. The van der Waals surface area contributed by atoms with Crippen molar-refractivity contribution in [2.75, 3.05) is 19.3 Å². The van der Waals surface area contributed by atoms with Crippen molar-refractivity contribution in [2.24, 2.45) is 0 Å². The number of carbonyl (C=O) groups is 1. The van der Waals surface area contributed by atoms with E-state index in [9.17, 15) is 18.0 Å². The summed E-state index contributed by atoms with van der Waals surface area (Å²) >= 11 is 0. The van der Waals surface area contributed by atoms with Crippen LogP contribution in [0.5, 0.6) is 0 Å². The molecule has 118 valence electrons. The van der Waals surface area contributed by atoms with Crippen LogP contribution in [0, 0.1) is 0 Å². The zero-order chi connectivity index (χ0) is 16.4. The van der Waals surface area contributed by atoms with Crippen LogP contribution in [0.15, 0.2) is 12.1 Å². The van der Waals surface area contributed by atoms with E-state index in [2.05, 4.69) is 4.98 Å². The third kappa shape index (κ3) is 5.24. The van der Waals surface area contributed by atoms with Crippen LogP contribution in [0.25, 0.3) is 0 Å². The first kappa shape index (κ1) is 17.3. The third-order valence-corrected chi connectivity index (χ3v) is 2.94. The molecule has 0 radical (unpaired) electrons. The highest BCUT2D eigenvalue weighted by molar-refractivity contribution is 5.94. The van der Waals surface area contributed by atoms with Gasteiger partial charge in [0.25, 0.3) is 5.91 Å². The Morgan fingerprint density at radius 1 is 1.29 bits per heavy atom. The number of carbonyl (C=O) groups excluding carboxylic acids is 1. The number of anilines is 1. The van der Waals surface area contributed by atoms with Gasteiger partial charge in [-0.05, 0) is 12.1 Å². The summed E-state index contributed by atoms with van der Waals surface area (Å²) in [6.07, 6.45) is -5.33. The van der Waals surface area contributed by atoms with Crippen molar-refractivity contribution < 1.29 is 18.0 Å². The number of nitrogens with two attached hydrogens (primary N) is 1. The van der Waals surface area contributed by atoms with E-state index in [0.717, 1.165) is 4.90 Å². The molecule has 0 fully saturated rings. The number of halogens is 3. The van der Waals surface area contributed by atoms with Crippen molar-refractivity contribution in [3.63, 3.8) is 0 Å². The Hall–Kier alpha value is -1.79. The van der Waals surface area contributed by atoms with E-state index in [-0.39, 0.29) is 16.8 Å². The van der Waals surface area contributed by atoms with Crippen molar-refractivity contribution in [2.45, 2.75) is 38.8 Å². The summed E-state index contributed by atoms with van der Waals surface area (Å²) in [5.74, 6) is -0.325. The molecule has 0 spiro atoms. The van der Waals surface area contributed by atoms with Gasteiger partial charge in [0.05, 0.1) is 6.42 Å². The van der Waals surface area contributed by atoms with Crippen molar-refractivity contribution in [3.8, 4) is 0 Å². The minimum atomic E-state index is -4.29. The molecule has 0 unspecified atom stereocenters. The molecule has 0 aliphatic carbocycles. The smallest absolute Gasteiger partial charge is 0.384 e. The fourth-order valence-corrected chi connectivity index (χ4v) is 1.68. The molecule has 0 saturated heterocycles. The van der Waals surface area contributed by atoms with Gasteiger partial charge in [0, 0.05) is 30.3 Å². The lowest BCUT2D eigenvalue weighted by Gasteiger charge is -2.21. The van der Waals surface area contributed by atoms with Crippen LogP contribution < -0.4 is 5.73 Å². The lowest BCUT2D eigenvalue weighted by Crippen LogP contribution is -2.31. The van der Waals surface area contributed by atoms with E-state index in [1.165, 1.54) is 13.1 Å². The van der Waals surface area contributed by atoms with Crippen molar-refractivity contribution >= 4 is 11.7 Å². The van der Waals surface area contributed by atoms with Crippen LogP contribution in [0.3, 0.4) is 0 Å². The molecule has 1 aromatic rings. The van der Waals surface area contributed by atoms with Crippen molar-refractivity contribution in [1.82, 2.24) is 9.88 Å². The number of rotatable bonds is 3. The molecule has 1 aromatic heterocycles. The topological polar surface area (TPSA) is 59.2 Å². The number of amides is 1. The molecule has 0 saturated carbocycles. The lowest BCUT2D eigenvalue weighted by molar-refractivity contribution is -0.136. The molecule has 1 heterocycles. The van der Waals surface area contributed by atoms with Crippen LogP contribution in [0.1, 0.15) is 43.2 Å². The maximum absolute atomic E-state index is 12.2. The fourth-order valence-electron chi connectivity index (χ4n) is 1.68. The Morgan fingerprint density at radius 3 is 2.33 bits per heavy atom. The molecule has 2 N–H and O–H groups in total. The van der Waals surface area contributed by atoms with E-state index in [0.29, 0.717) is 5.69 Å². The summed E-state index contributed by atoms with van der Waals surface area (Å²) in [4.78, 5) is 17.4. The summed E-state index contributed by atoms with van der Waals surface area (Å²) < 4.78 is 36.6. The monoisotopic (exact) mass is 303 g/mol. The minimum Gasteiger partial charge on any atom is -0.384 e. The van der Waals surface area contributed by atoms with Gasteiger partial charge in [-0.3, -0.25) is 4.79 Å². The van der Waals surface area contributed by atoms with Crippen LogP contribution in [0.4, 0.5) is 19.0 Å². The number of pyridine rings is 1. The first-order chi connectivity index (χ1) is 9.40. The van der Waals surface area contributed by atoms with Gasteiger partial charge < -0.3 is 10.6 Å². The van der Waals surface area contributed by atoms with Gasteiger partial charge in [0.1, 0.15) is 5.82 Å². The summed E-state index contributed by atoms with van der Waals surface area (Å²) in [7, 11) is 1.33. The van der Waals surface area contributed by atoms with Gasteiger partial charge in [0.15, 0.2) is 0 Å². The summed E-state index contributed by atoms with van der Waals surface area (Å²) in [6, 6.07) is 2.95. The number of nitrogen functional groups attached to an aromatic ring is 1. The van der Waals surface area contributed by atoms with Gasteiger partial charge in [-0.15, -0.1) is 0 Å². The third-order valence-electron chi connectivity index (χ3n) is 2.94. The van der Waals surface area contributed by atoms with E-state index in [1.807, 2.05) is 20.8 Å². The Bertz CT molecular complexity index is 521. The summed E-state index contributed by atoms with van der Waals surface area (Å²) in [6.45, 7) is 5.35. The number of aromatic nitrogens is 1. The molecule has 21 heavy (non-hydrogen) atoms. The first-order valence-electron chi connectivity index (χ1n) is 6.50. The molecular weight excluding hydrogens is 283 g/mol. The van der Waals surface area contributed by atoms with Gasteiger partial charge in [0.2, 0.25) is 0 Å². The molecule has 7 heteroatoms. The highest BCUT2D eigenvalue weighted by Gasteiger charge is 2.28. The molecule has 0 aliphatic rings. The van der Waals surface area contributed by atoms with E-state index >= 15 is 0 Å². The average molecular weight is 303 g/mol. The quantitative estimate of drug-likeness (QED) is 0.934. The molecule has 0 aliphatic heterocycles. The van der Waals surface area contributed by atoms with Crippen LogP contribution in [-0.4, -0.2) is 35.6 Å². The Morgan fingerprint density at radius 2 is 1.86 bits per heavy atom. The highest BCUT2D eigenvalue weighted by atomic mass is 19.4. The number of alkyl halides is 3. The van der Waals surface area contributed by atoms with Gasteiger partial charge in [-0.25, -0.2) is 4.98 Å². The number of hydrogen-bond donors (Lipinski definition) is 1. The Labute approximate surface area is 122 Å². The molecular formula is C14H20F3N3O. The second-order valence-corrected chi connectivity index (χ2v) is 6.01. The van der Waals surface area contributed by atoms with Gasteiger partial charge >= 0.3 is 6.18 Å². The van der Waals surface area contributed by atoms with Crippen LogP contribution in [0.2, 0.25) is 0 Å². The fraction of sp³-hybridized carbons (Fsp3) is 0.571. The largest absolute Gasteiger partial charge is 0.390 e. The van der Waals surface area contributed by atoms with Crippen LogP contribution in [-0.2, 0) is 5.41 Å². The zero-order valence-corrected chi connectivity index (χ0v) is 12.6. The second kappa shape index (κ2) is 5.91. The molecule has 1 amide bonds. The first-order valence-corrected chi connectivity index (χ1v) is 6.50. The standard InChI is InChI=1S/C14H20F3N3O/c1-13(2,3)10-7-9(8-11(18)19-10)12(21)20(4)6-5-14(15,16)17/h7-8H,5-6H2,1-4H3,(H2,18,19).